The van der Waals surface area contributed by atoms with Crippen molar-refractivity contribution in [2.24, 2.45) is 5.92 Å². The Labute approximate surface area is 159 Å². The summed E-state index contributed by atoms with van der Waals surface area (Å²) in [6, 6.07) is 13.3. The molecule has 1 aliphatic rings. The molecule has 4 heteroatoms. The second-order valence-electron chi connectivity index (χ2n) is 7.57. The molecule has 0 saturated carbocycles. The zero-order valence-corrected chi connectivity index (χ0v) is 15.7. The van der Waals surface area contributed by atoms with Crippen LogP contribution >= 0.6 is 0 Å². The third-order valence-corrected chi connectivity index (χ3v) is 5.72. The summed E-state index contributed by atoms with van der Waals surface area (Å²) in [4.78, 5) is 18.4. The summed E-state index contributed by atoms with van der Waals surface area (Å²) in [7, 11) is 0. The number of hydrogen-bond acceptors (Lipinski definition) is 2. The Morgan fingerprint density at radius 3 is 2.74 bits per heavy atom. The van der Waals surface area contributed by atoms with Gasteiger partial charge in [-0.05, 0) is 68.6 Å². The van der Waals surface area contributed by atoms with Gasteiger partial charge in [-0.25, -0.2) is 4.39 Å². The normalized spacial score (nSPS) is 16.1. The third kappa shape index (κ3) is 3.81. The lowest BCUT2D eigenvalue weighted by molar-refractivity contribution is 0.0837. The second-order valence-corrected chi connectivity index (χ2v) is 7.57. The van der Waals surface area contributed by atoms with Gasteiger partial charge >= 0.3 is 0 Å². The van der Waals surface area contributed by atoms with E-state index in [2.05, 4.69) is 34.3 Å². The molecule has 140 valence electrons. The number of nitrogens with one attached hydrogen (secondary N) is 1. The molecule has 2 aromatic carbocycles. The Balaban J connectivity index is 1.33. The predicted octanol–water partition coefficient (Wildman–Crippen LogP) is 4.75. The first-order valence-electron chi connectivity index (χ1n) is 9.69. The molecular weight excluding hydrogens is 339 g/mol. The molecule has 0 radical (unpaired) electrons. The first-order chi connectivity index (χ1) is 13.1. The number of Topliss-reactive ketones (excluding diaryl/α,β-unsaturated/α-hetero) is 1. The molecule has 0 aliphatic carbocycles. The van der Waals surface area contributed by atoms with Gasteiger partial charge in [0.1, 0.15) is 5.82 Å². The summed E-state index contributed by atoms with van der Waals surface area (Å²) in [6.45, 7) is 4.61. The summed E-state index contributed by atoms with van der Waals surface area (Å²) in [5.41, 5.74) is 3.61. The first kappa shape index (κ1) is 17.9. The number of aromatic nitrogens is 1. The molecule has 0 atom stereocenters. The summed E-state index contributed by atoms with van der Waals surface area (Å²) in [5.74, 6) is -0.489. The van der Waals surface area contributed by atoms with Crippen molar-refractivity contribution in [3.63, 3.8) is 0 Å². The number of hydrogen-bond donors (Lipinski definition) is 1. The van der Waals surface area contributed by atoms with Crippen molar-refractivity contribution in [1.82, 2.24) is 9.88 Å². The number of aryl methyl sites for hydroxylation is 1. The highest BCUT2D eigenvalue weighted by molar-refractivity contribution is 5.98. The van der Waals surface area contributed by atoms with Crippen molar-refractivity contribution in [1.29, 1.82) is 0 Å². The maximum Gasteiger partial charge on any atom is 0.168 e. The van der Waals surface area contributed by atoms with Gasteiger partial charge in [0.25, 0.3) is 0 Å². The third-order valence-electron chi connectivity index (χ3n) is 5.72. The highest BCUT2D eigenvalue weighted by Crippen LogP contribution is 2.24. The number of H-pyrrole nitrogens is 1. The molecule has 0 unspecified atom stereocenters. The minimum Gasteiger partial charge on any atom is -0.361 e. The van der Waals surface area contributed by atoms with Gasteiger partial charge in [-0.15, -0.1) is 0 Å². The van der Waals surface area contributed by atoms with Crippen molar-refractivity contribution < 1.29 is 9.18 Å². The monoisotopic (exact) mass is 364 g/mol. The molecule has 3 nitrogen and oxygen atoms in total. The van der Waals surface area contributed by atoms with Crippen LogP contribution in [-0.2, 0) is 6.42 Å². The lowest BCUT2D eigenvalue weighted by Gasteiger charge is -2.31. The minimum absolute atomic E-state index is 0.0382. The zero-order valence-electron chi connectivity index (χ0n) is 15.7. The highest BCUT2D eigenvalue weighted by Gasteiger charge is 2.27. The second kappa shape index (κ2) is 7.65. The zero-order chi connectivity index (χ0) is 18.8. The number of para-hydroxylation sites is 1. The lowest BCUT2D eigenvalue weighted by atomic mass is 9.88. The van der Waals surface area contributed by atoms with E-state index in [0.717, 1.165) is 44.5 Å². The lowest BCUT2D eigenvalue weighted by Crippen LogP contribution is -2.37. The van der Waals surface area contributed by atoms with Crippen LogP contribution in [0, 0.1) is 18.7 Å². The molecule has 1 N–H and O–H groups in total. The van der Waals surface area contributed by atoms with Crippen LogP contribution in [0.3, 0.4) is 0 Å². The van der Waals surface area contributed by atoms with E-state index in [1.165, 1.54) is 22.5 Å². The van der Waals surface area contributed by atoms with Gasteiger partial charge in [0.2, 0.25) is 0 Å². The fraction of sp³-hybridized carbons (Fsp3) is 0.348. The van der Waals surface area contributed by atoms with Crippen LogP contribution in [0.1, 0.15) is 34.3 Å². The molecule has 3 aromatic rings. The number of benzene rings is 2. The molecular formula is C23H25FN2O. The molecule has 27 heavy (non-hydrogen) atoms. The van der Waals surface area contributed by atoms with E-state index >= 15 is 0 Å². The van der Waals surface area contributed by atoms with Gasteiger partial charge in [-0.1, -0.05) is 24.3 Å². The van der Waals surface area contributed by atoms with Crippen LogP contribution in [0.2, 0.25) is 0 Å². The van der Waals surface area contributed by atoms with Crippen LogP contribution in [0.5, 0.6) is 0 Å². The molecule has 1 aromatic heterocycles. The van der Waals surface area contributed by atoms with E-state index in [9.17, 15) is 9.18 Å². The largest absolute Gasteiger partial charge is 0.361 e. The molecule has 0 amide bonds. The average Bonchev–Trinajstić information content (AvgIpc) is 3.09. The molecule has 0 bridgehead atoms. The Morgan fingerprint density at radius 1 is 1.19 bits per heavy atom. The standard InChI is InChI=1S/C23H25FN2O/c1-16-6-7-20(21(24)14-16)23(27)17-8-11-26(12-9-17)13-10-18-15-25-22-5-3-2-4-19(18)22/h2-7,14-15,17,25H,8-13H2,1H3. The predicted molar refractivity (Wildman–Crippen MR) is 107 cm³/mol. The van der Waals surface area contributed by atoms with Crippen LogP contribution in [0.25, 0.3) is 10.9 Å². The van der Waals surface area contributed by atoms with E-state index in [0.29, 0.717) is 0 Å². The number of fused-ring (bicyclic) bond motifs is 1. The van der Waals surface area contributed by atoms with E-state index in [1.807, 2.05) is 19.1 Å². The summed E-state index contributed by atoms with van der Waals surface area (Å²) >= 11 is 0. The molecule has 1 fully saturated rings. The quantitative estimate of drug-likeness (QED) is 0.663. The topological polar surface area (TPSA) is 36.1 Å². The fourth-order valence-corrected chi connectivity index (χ4v) is 4.08. The van der Waals surface area contributed by atoms with Crippen molar-refractivity contribution in [2.75, 3.05) is 19.6 Å². The Hall–Kier alpha value is -2.46. The first-order valence-corrected chi connectivity index (χ1v) is 9.69. The van der Waals surface area contributed by atoms with E-state index in [-0.39, 0.29) is 23.1 Å². The SMILES string of the molecule is Cc1ccc(C(=O)C2CCN(CCc3c[nH]c4ccccc34)CC2)c(F)c1. The van der Waals surface area contributed by atoms with Crippen molar-refractivity contribution >= 4 is 16.7 Å². The smallest absolute Gasteiger partial charge is 0.168 e. The summed E-state index contributed by atoms with van der Waals surface area (Å²) in [6.07, 6.45) is 4.70. The number of ketones is 1. The van der Waals surface area contributed by atoms with Gasteiger partial charge in [-0.2, -0.15) is 0 Å². The number of nitrogens with zero attached hydrogens (tertiary/aromatic N) is 1. The van der Waals surface area contributed by atoms with Crippen molar-refractivity contribution in [3.05, 3.63) is 71.2 Å². The summed E-state index contributed by atoms with van der Waals surface area (Å²) < 4.78 is 14.1. The minimum atomic E-state index is -0.387. The fourth-order valence-electron chi connectivity index (χ4n) is 4.08. The summed E-state index contributed by atoms with van der Waals surface area (Å²) in [5, 5.41) is 1.29. The average molecular weight is 364 g/mol. The molecule has 2 heterocycles. The molecule has 1 saturated heterocycles. The van der Waals surface area contributed by atoms with Gasteiger partial charge in [0, 0.05) is 29.6 Å². The van der Waals surface area contributed by atoms with Gasteiger partial charge in [0.05, 0.1) is 5.56 Å². The Kier molecular flexibility index (Phi) is 5.08. The van der Waals surface area contributed by atoms with Crippen molar-refractivity contribution in [2.45, 2.75) is 26.2 Å². The van der Waals surface area contributed by atoms with Crippen molar-refractivity contribution in [3.8, 4) is 0 Å². The number of rotatable bonds is 5. The van der Waals surface area contributed by atoms with Gasteiger partial charge in [0.15, 0.2) is 5.78 Å². The molecule has 4 rings (SSSR count). The van der Waals surface area contributed by atoms with E-state index in [1.54, 1.807) is 6.07 Å². The van der Waals surface area contributed by atoms with E-state index < -0.39 is 0 Å². The molecule has 0 spiro atoms. The number of likely N-dealkylation sites (tertiary alicyclic amines) is 1. The van der Waals surface area contributed by atoms with Crippen LogP contribution < -0.4 is 0 Å². The maximum absolute atomic E-state index is 14.1. The van der Waals surface area contributed by atoms with Crippen LogP contribution in [0.4, 0.5) is 4.39 Å². The number of aromatic amines is 1. The number of halogens is 1. The van der Waals surface area contributed by atoms with Crippen LogP contribution in [0.15, 0.2) is 48.7 Å². The van der Waals surface area contributed by atoms with Crippen LogP contribution in [-0.4, -0.2) is 35.3 Å². The highest BCUT2D eigenvalue weighted by atomic mass is 19.1. The molecule has 1 aliphatic heterocycles. The number of carbonyl (C=O) groups is 1. The van der Waals surface area contributed by atoms with Gasteiger partial charge < -0.3 is 9.88 Å². The Bertz CT molecular complexity index is 954. The maximum atomic E-state index is 14.1. The number of piperidine rings is 1. The van der Waals surface area contributed by atoms with E-state index in [4.69, 9.17) is 0 Å². The van der Waals surface area contributed by atoms with Gasteiger partial charge in [-0.3, -0.25) is 4.79 Å². The Morgan fingerprint density at radius 2 is 1.96 bits per heavy atom. The number of carbonyl (C=O) groups excluding carboxylic acids is 1.